The van der Waals surface area contributed by atoms with Crippen LogP contribution in [0, 0.1) is 0 Å². The number of carbonyl (C=O) groups excluding carboxylic acids is 1. The fourth-order valence-corrected chi connectivity index (χ4v) is 2.74. The van der Waals surface area contributed by atoms with Crippen molar-refractivity contribution in [1.82, 2.24) is 4.98 Å². The van der Waals surface area contributed by atoms with Crippen LogP contribution < -0.4 is 10.1 Å². The highest BCUT2D eigenvalue weighted by Crippen LogP contribution is 2.33. The highest BCUT2D eigenvalue weighted by atomic mass is 35.5. The van der Waals surface area contributed by atoms with Gasteiger partial charge in [0.2, 0.25) is 0 Å². The number of halogens is 1. The molecule has 3 rings (SSSR count). The minimum absolute atomic E-state index is 0.180. The van der Waals surface area contributed by atoms with E-state index in [1.165, 1.54) is 7.11 Å². The van der Waals surface area contributed by atoms with Gasteiger partial charge >= 0.3 is 5.97 Å². The van der Waals surface area contributed by atoms with Crippen molar-refractivity contribution in [2.75, 3.05) is 19.0 Å². The van der Waals surface area contributed by atoms with Crippen molar-refractivity contribution in [2.45, 2.75) is 6.92 Å². The second-order valence-corrected chi connectivity index (χ2v) is 5.64. The SMILES string of the molecule is CCOc1ccccc1Nc1cc(C(=O)OC)nc2c(Cl)cccc12. The van der Waals surface area contributed by atoms with Gasteiger partial charge in [-0.1, -0.05) is 35.9 Å². The van der Waals surface area contributed by atoms with Crippen LogP contribution in [0.3, 0.4) is 0 Å². The number of nitrogens with zero attached hydrogens (tertiary/aromatic N) is 1. The van der Waals surface area contributed by atoms with E-state index in [0.29, 0.717) is 22.8 Å². The Bertz CT molecular complexity index is 928. The van der Waals surface area contributed by atoms with Crippen molar-refractivity contribution in [3.63, 3.8) is 0 Å². The summed E-state index contributed by atoms with van der Waals surface area (Å²) in [5, 5.41) is 4.58. The monoisotopic (exact) mass is 356 g/mol. The van der Waals surface area contributed by atoms with Crippen LogP contribution in [-0.4, -0.2) is 24.7 Å². The van der Waals surface area contributed by atoms with Crippen LogP contribution in [-0.2, 0) is 4.74 Å². The van der Waals surface area contributed by atoms with Crippen LogP contribution in [0.5, 0.6) is 5.75 Å². The molecule has 0 amide bonds. The van der Waals surface area contributed by atoms with Gasteiger partial charge in [-0.15, -0.1) is 0 Å². The third kappa shape index (κ3) is 3.51. The summed E-state index contributed by atoms with van der Waals surface area (Å²) in [5.41, 5.74) is 2.19. The van der Waals surface area contributed by atoms with Crippen LogP contribution in [0.15, 0.2) is 48.5 Å². The molecule has 0 aliphatic heterocycles. The van der Waals surface area contributed by atoms with E-state index < -0.39 is 5.97 Å². The van der Waals surface area contributed by atoms with Crippen molar-refractivity contribution in [2.24, 2.45) is 0 Å². The molecule has 25 heavy (non-hydrogen) atoms. The maximum atomic E-state index is 12.0. The van der Waals surface area contributed by atoms with Crippen LogP contribution in [0.2, 0.25) is 5.02 Å². The number of hydrogen-bond acceptors (Lipinski definition) is 5. The van der Waals surface area contributed by atoms with Gasteiger partial charge in [-0.2, -0.15) is 0 Å². The van der Waals surface area contributed by atoms with Gasteiger partial charge in [0.1, 0.15) is 5.75 Å². The number of ether oxygens (including phenoxy) is 2. The number of nitrogens with one attached hydrogen (secondary N) is 1. The van der Waals surface area contributed by atoms with Gasteiger partial charge in [0.15, 0.2) is 5.69 Å². The first-order valence-electron chi connectivity index (χ1n) is 7.80. The smallest absolute Gasteiger partial charge is 0.356 e. The van der Waals surface area contributed by atoms with E-state index >= 15 is 0 Å². The zero-order valence-corrected chi connectivity index (χ0v) is 14.6. The number of rotatable bonds is 5. The Labute approximate surface area is 150 Å². The maximum Gasteiger partial charge on any atom is 0.356 e. The second kappa shape index (κ2) is 7.40. The Balaban J connectivity index is 2.15. The normalized spacial score (nSPS) is 10.5. The van der Waals surface area contributed by atoms with Crippen molar-refractivity contribution < 1.29 is 14.3 Å². The molecule has 0 saturated heterocycles. The number of benzene rings is 2. The van der Waals surface area contributed by atoms with Gasteiger partial charge in [0, 0.05) is 5.39 Å². The van der Waals surface area contributed by atoms with Gasteiger partial charge in [-0.05, 0) is 31.2 Å². The highest BCUT2D eigenvalue weighted by Gasteiger charge is 2.15. The Hall–Kier alpha value is -2.79. The van der Waals surface area contributed by atoms with Gasteiger partial charge in [-0.25, -0.2) is 9.78 Å². The number of esters is 1. The molecule has 128 valence electrons. The van der Waals surface area contributed by atoms with Gasteiger partial charge in [-0.3, -0.25) is 0 Å². The lowest BCUT2D eigenvalue weighted by Crippen LogP contribution is -2.06. The topological polar surface area (TPSA) is 60.5 Å². The Kier molecular flexibility index (Phi) is 5.05. The summed E-state index contributed by atoms with van der Waals surface area (Å²) in [5.74, 6) is 0.194. The van der Waals surface area contributed by atoms with E-state index in [4.69, 9.17) is 21.1 Å². The molecule has 0 radical (unpaired) electrons. The molecule has 5 nitrogen and oxygen atoms in total. The molecule has 1 heterocycles. The number of aromatic nitrogens is 1. The lowest BCUT2D eigenvalue weighted by molar-refractivity contribution is 0.0594. The first kappa shape index (κ1) is 17.0. The van der Waals surface area contributed by atoms with Crippen molar-refractivity contribution >= 4 is 39.8 Å². The molecule has 0 spiro atoms. The maximum absolute atomic E-state index is 12.0. The minimum atomic E-state index is -0.525. The van der Waals surface area contributed by atoms with Gasteiger partial charge in [0.25, 0.3) is 0 Å². The predicted molar refractivity (Wildman–Crippen MR) is 99.0 cm³/mol. The number of pyridine rings is 1. The quantitative estimate of drug-likeness (QED) is 0.664. The van der Waals surface area contributed by atoms with Crippen LogP contribution in [0.1, 0.15) is 17.4 Å². The summed E-state index contributed by atoms with van der Waals surface area (Å²) >= 11 is 6.27. The molecular weight excluding hydrogens is 340 g/mol. The van der Waals surface area contributed by atoms with Crippen molar-refractivity contribution in [3.05, 3.63) is 59.2 Å². The summed E-state index contributed by atoms with van der Waals surface area (Å²) in [6, 6.07) is 14.7. The average Bonchev–Trinajstić information content (AvgIpc) is 2.63. The molecule has 1 aromatic heterocycles. The first-order valence-corrected chi connectivity index (χ1v) is 8.18. The van der Waals surface area contributed by atoms with Crippen LogP contribution >= 0.6 is 11.6 Å². The van der Waals surface area contributed by atoms with E-state index in [0.717, 1.165) is 16.8 Å². The molecular formula is C19H17ClN2O3. The molecule has 0 fully saturated rings. The number of anilines is 2. The highest BCUT2D eigenvalue weighted by molar-refractivity contribution is 6.35. The molecule has 0 aliphatic rings. The Morgan fingerprint density at radius 3 is 2.72 bits per heavy atom. The summed E-state index contributed by atoms with van der Waals surface area (Å²) in [6.07, 6.45) is 0. The first-order chi connectivity index (χ1) is 12.1. The van der Waals surface area contributed by atoms with Crippen molar-refractivity contribution in [1.29, 1.82) is 0 Å². The van der Waals surface area contributed by atoms with Gasteiger partial charge in [0.05, 0.1) is 35.6 Å². The molecule has 1 N–H and O–H groups in total. The predicted octanol–water partition coefficient (Wildman–Crippen LogP) is 4.82. The zero-order valence-electron chi connectivity index (χ0n) is 13.9. The second-order valence-electron chi connectivity index (χ2n) is 5.24. The summed E-state index contributed by atoms with van der Waals surface area (Å²) in [6.45, 7) is 2.47. The molecule has 0 saturated carbocycles. The standard InChI is InChI=1S/C19H17ClN2O3/c1-3-25-17-10-5-4-9-14(17)21-15-11-16(19(23)24-2)22-18-12(15)7-6-8-13(18)20/h4-11H,3H2,1-2H3,(H,21,22). The molecule has 0 atom stereocenters. The number of para-hydroxylation sites is 3. The average molecular weight is 357 g/mol. The van der Waals surface area contributed by atoms with E-state index in [2.05, 4.69) is 10.3 Å². The van der Waals surface area contributed by atoms with E-state index in [1.807, 2.05) is 43.3 Å². The van der Waals surface area contributed by atoms with Crippen LogP contribution in [0.4, 0.5) is 11.4 Å². The third-order valence-electron chi connectivity index (χ3n) is 3.64. The van der Waals surface area contributed by atoms with E-state index in [9.17, 15) is 4.79 Å². The molecule has 0 aliphatic carbocycles. The van der Waals surface area contributed by atoms with E-state index in [1.54, 1.807) is 12.1 Å². The fourth-order valence-electron chi connectivity index (χ4n) is 2.52. The van der Waals surface area contributed by atoms with Crippen molar-refractivity contribution in [3.8, 4) is 5.75 Å². The lowest BCUT2D eigenvalue weighted by Gasteiger charge is -2.15. The third-order valence-corrected chi connectivity index (χ3v) is 3.95. The fraction of sp³-hybridized carbons (Fsp3) is 0.158. The van der Waals surface area contributed by atoms with Gasteiger partial charge < -0.3 is 14.8 Å². The molecule has 0 unspecified atom stereocenters. The molecule has 3 aromatic rings. The number of hydrogen-bond donors (Lipinski definition) is 1. The molecule has 6 heteroatoms. The molecule has 2 aromatic carbocycles. The zero-order chi connectivity index (χ0) is 17.8. The number of fused-ring (bicyclic) bond motifs is 1. The largest absolute Gasteiger partial charge is 0.492 e. The van der Waals surface area contributed by atoms with Crippen LogP contribution in [0.25, 0.3) is 10.9 Å². The summed E-state index contributed by atoms with van der Waals surface area (Å²) in [7, 11) is 1.32. The Morgan fingerprint density at radius 2 is 1.96 bits per heavy atom. The minimum Gasteiger partial charge on any atom is -0.492 e. The van der Waals surface area contributed by atoms with E-state index in [-0.39, 0.29) is 5.69 Å². The number of methoxy groups -OCH3 is 1. The summed E-state index contributed by atoms with van der Waals surface area (Å²) < 4.78 is 10.4. The Morgan fingerprint density at radius 1 is 1.16 bits per heavy atom. The lowest BCUT2D eigenvalue weighted by atomic mass is 10.1. The summed E-state index contributed by atoms with van der Waals surface area (Å²) in [4.78, 5) is 16.3. The molecule has 0 bridgehead atoms. The number of carbonyl (C=O) groups is 1.